The van der Waals surface area contributed by atoms with Gasteiger partial charge in [-0.2, -0.15) is 0 Å². The lowest BCUT2D eigenvalue weighted by atomic mass is 10.1. The molecule has 0 aliphatic rings. The summed E-state index contributed by atoms with van der Waals surface area (Å²) in [5.74, 6) is -1.51. The average molecular weight is 378 g/mol. The van der Waals surface area contributed by atoms with E-state index in [1.807, 2.05) is 0 Å². The Balaban J connectivity index is 3.05. The molecule has 0 radical (unpaired) electrons. The van der Waals surface area contributed by atoms with Crippen molar-refractivity contribution in [2.24, 2.45) is 0 Å². The van der Waals surface area contributed by atoms with E-state index in [1.54, 1.807) is 0 Å². The maximum atomic E-state index is 12.0. The molecule has 1 rings (SSSR count). The van der Waals surface area contributed by atoms with Gasteiger partial charge in [-0.25, -0.2) is 0 Å². The molecule has 0 heterocycles. The lowest BCUT2D eigenvalue weighted by Gasteiger charge is -2.12. The van der Waals surface area contributed by atoms with Gasteiger partial charge in [0.1, 0.15) is 5.75 Å². The van der Waals surface area contributed by atoms with E-state index in [9.17, 15) is 18.0 Å². The minimum absolute atomic E-state index is 0.230. The van der Waals surface area contributed by atoms with Gasteiger partial charge in [-0.1, -0.05) is 31.9 Å². The third-order valence-electron chi connectivity index (χ3n) is 1.68. The summed E-state index contributed by atoms with van der Waals surface area (Å²) < 4.78 is 40.1. The molecule has 0 unspecified atom stereocenters. The van der Waals surface area contributed by atoms with Crippen LogP contribution < -0.4 is 4.74 Å². The largest absolute Gasteiger partial charge is 0.573 e. The first-order valence-electron chi connectivity index (χ1n) is 4.14. The van der Waals surface area contributed by atoms with Crippen molar-refractivity contribution >= 4 is 37.8 Å². The summed E-state index contributed by atoms with van der Waals surface area (Å²) in [5.41, 5.74) is 0.340. The molecular weight excluding hydrogens is 373 g/mol. The first kappa shape index (κ1) is 14.3. The molecule has 1 aromatic carbocycles. The zero-order chi connectivity index (χ0) is 13.2. The fourth-order valence-electron chi connectivity index (χ4n) is 1.09. The summed E-state index contributed by atoms with van der Waals surface area (Å²) in [6.07, 6.45) is -5.10. The second kappa shape index (κ2) is 5.26. The van der Waals surface area contributed by atoms with E-state index < -0.39 is 18.1 Å². The van der Waals surface area contributed by atoms with Gasteiger partial charge < -0.3 is 9.84 Å². The number of alkyl halides is 3. The second-order valence-corrected chi connectivity index (χ2v) is 4.69. The minimum Gasteiger partial charge on any atom is -0.481 e. The smallest absolute Gasteiger partial charge is 0.481 e. The Morgan fingerprint density at radius 1 is 1.29 bits per heavy atom. The van der Waals surface area contributed by atoms with Crippen LogP contribution in [0.5, 0.6) is 5.75 Å². The summed E-state index contributed by atoms with van der Waals surface area (Å²) in [7, 11) is 0. The van der Waals surface area contributed by atoms with Crippen LogP contribution in [0.3, 0.4) is 0 Å². The topological polar surface area (TPSA) is 46.5 Å². The predicted octanol–water partition coefficient (Wildman–Crippen LogP) is 3.74. The zero-order valence-corrected chi connectivity index (χ0v) is 11.2. The molecule has 0 aliphatic carbocycles. The Morgan fingerprint density at radius 3 is 2.12 bits per heavy atom. The molecule has 0 atom stereocenters. The first-order valence-corrected chi connectivity index (χ1v) is 5.73. The Morgan fingerprint density at radius 2 is 1.76 bits per heavy atom. The van der Waals surface area contributed by atoms with Crippen LogP contribution in [0.25, 0.3) is 0 Å². The SMILES string of the molecule is O=C(O)Cc1c(Br)cc(OC(F)(F)F)cc1Br. The van der Waals surface area contributed by atoms with E-state index >= 15 is 0 Å². The number of carboxylic acid groups (broad SMARTS) is 1. The molecule has 94 valence electrons. The van der Waals surface area contributed by atoms with Crippen LogP contribution in [0, 0.1) is 0 Å². The van der Waals surface area contributed by atoms with Crippen molar-refractivity contribution < 1.29 is 27.8 Å². The Labute approximate surface area is 111 Å². The lowest BCUT2D eigenvalue weighted by molar-refractivity contribution is -0.274. The van der Waals surface area contributed by atoms with Crippen LogP contribution >= 0.6 is 31.9 Å². The Kier molecular flexibility index (Phi) is 4.42. The highest BCUT2D eigenvalue weighted by Crippen LogP contribution is 2.33. The highest BCUT2D eigenvalue weighted by atomic mass is 79.9. The van der Waals surface area contributed by atoms with E-state index in [1.165, 1.54) is 0 Å². The fourth-order valence-corrected chi connectivity index (χ4v) is 2.52. The van der Waals surface area contributed by atoms with Gasteiger partial charge in [-0.15, -0.1) is 13.2 Å². The van der Waals surface area contributed by atoms with E-state index in [0.717, 1.165) is 12.1 Å². The monoisotopic (exact) mass is 376 g/mol. The van der Waals surface area contributed by atoms with Gasteiger partial charge in [0.2, 0.25) is 0 Å². The maximum absolute atomic E-state index is 12.0. The van der Waals surface area contributed by atoms with E-state index in [2.05, 4.69) is 36.6 Å². The summed E-state index contributed by atoms with van der Waals surface area (Å²) >= 11 is 5.99. The molecule has 0 amide bonds. The van der Waals surface area contributed by atoms with Crippen molar-refractivity contribution in [1.29, 1.82) is 0 Å². The molecule has 8 heteroatoms. The third kappa shape index (κ3) is 4.55. The lowest BCUT2D eigenvalue weighted by Crippen LogP contribution is -2.17. The highest BCUT2D eigenvalue weighted by molar-refractivity contribution is 9.11. The molecule has 0 saturated heterocycles. The van der Waals surface area contributed by atoms with Crippen LogP contribution in [0.1, 0.15) is 5.56 Å². The van der Waals surface area contributed by atoms with Crippen LogP contribution in [-0.4, -0.2) is 17.4 Å². The third-order valence-corrected chi connectivity index (χ3v) is 3.09. The van der Waals surface area contributed by atoms with Gasteiger partial charge >= 0.3 is 12.3 Å². The number of hydrogen-bond acceptors (Lipinski definition) is 2. The number of hydrogen-bond donors (Lipinski definition) is 1. The molecule has 0 aromatic heterocycles. The van der Waals surface area contributed by atoms with Crippen molar-refractivity contribution in [3.05, 3.63) is 26.6 Å². The predicted molar refractivity (Wildman–Crippen MR) is 59.9 cm³/mol. The quantitative estimate of drug-likeness (QED) is 0.872. The number of benzene rings is 1. The van der Waals surface area contributed by atoms with E-state index in [0.29, 0.717) is 5.56 Å². The van der Waals surface area contributed by atoms with Gasteiger partial charge in [0.25, 0.3) is 0 Å². The molecule has 0 fully saturated rings. The molecular formula is C9H5Br2F3O3. The summed E-state index contributed by atoms with van der Waals surface area (Å²) in [4.78, 5) is 10.5. The molecule has 3 nitrogen and oxygen atoms in total. The molecule has 1 aromatic rings. The summed E-state index contributed by atoms with van der Waals surface area (Å²) in [6.45, 7) is 0. The average Bonchev–Trinajstić information content (AvgIpc) is 2.08. The summed E-state index contributed by atoms with van der Waals surface area (Å²) in [6, 6.07) is 2.13. The molecule has 0 spiro atoms. The number of halogens is 5. The van der Waals surface area contributed by atoms with E-state index in [-0.39, 0.29) is 15.4 Å². The van der Waals surface area contributed by atoms with Gasteiger partial charge in [-0.05, 0) is 17.7 Å². The van der Waals surface area contributed by atoms with Crippen molar-refractivity contribution in [2.75, 3.05) is 0 Å². The standard InChI is InChI=1S/C9H5Br2F3O3/c10-6-1-4(17-9(12,13)14)2-7(11)5(6)3-8(15)16/h1-2H,3H2,(H,15,16). The number of carbonyl (C=O) groups is 1. The molecule has 0 saturated carbocycles. The van der Waals surface area contributed by atoms with Crippen LogP contribution in [0.2, 0.25) is 0 Å². The van der Waals surface area contributed by atoms with E-state index in [4.69, 9.17) is 5.11 Å². The van der Waals surface area contributed by atoms with Crippen molar-refractivity contribution in [3.8, 4) is 5.75 Å². The fraction of sp³-hybridized carbons (Fsp3) is 0.222. The van der Waals surface area contributed by atoms with Crippen LogP contribution in [-0.2, 0) is 11.2 Å². The highest BCUT2D eigenvalue weighted by Gasteiger charge is 2.31. The number of carboxylic acids is 1. The van der Waals surface area contributed by atoms with Crippen molar-refractivity contribution in [3.63, 3.8) is 0 Å². The van der Waals surface area contributed by atoms with Crippen molar-refractivity contribution in [1.82, 2.24) is 0 Å². The molecule has 17 heavy (non-hydrogen) atoms. The zero-order valence-electron chi connectivity index (χ0n) is 8.02. The van der Waals surface area contributed by atoms with Crippen LogP contribution in [0.15, 0.2) is 21.1 Å². The molecule has 1 N–H and O–H groups in total. The number of aliphatic carboxylic acids is 1. The van der Waals surface area contributed by atoms with Crippen LogP contribution in [0.4, 0.5) is 13.2 Å². The molecule has 0 aliphatic heterocycles. The normalized spacial score (nSPS) is 11.4. The minimum atomic E-state index is -4.78. The first-order chi connectivity index (χ1) is 7.69. The van der Waals surface area contributed by atoms with Gasteiger partial charge in [0, 0.05) is 8.95 Å². The Hall–Kier alpha value is -0.760. The summed E-state index contributed by atoms with van der Waals surface area (Å²) in [5, 5.41) is 8.62. The molecule has 0 bridgehead atoms. The number of ether oxygens (including phenoxy) is 1. The number of rotatable bonds is 3. The second-order valence-electron chi connectivity index (χ2n) is 2.98. The van der Waals surface area contributed by atoms with Crippen molar-refractivity contribution in [2.45, 2.75) is 12.8 Å². The van der Waals surface area contributed by atoms with Gasteiger partial charge in [0.05, 0.1) is 6.42 Å². The van der Waals surface area contributed by atoms with Gasteiger partial charge in [-0.3, -0.25) is 4.79 Å². The maximum Gasteiger partial charge on any atom is 0.573 e. The Bertz CT molecular complexity index is 423. The van der Waals surface area contributed by atoms with Gasteiger partial charge in [0.15, 0.2) is 0 Å².